The first kappa shape index (κ1) is 11.7. The van der Waals surface area contributed by atoms with Crippen LogP contribution in [0.2, 0.25) is 0 Å². The normalized spacial score (nSPS) is 15.8. The Balaban J connectivity index is 2.82. The number of aliphatic hydroxyl groups is 1. The van der Waals surface area contributed by atoms with Crippen molar-refractivity contribution in [2.45, 2.75) is 26.4 Å². The standard InChI is InChI=1S/C11H19NOS/c1-4-12-8-11(13,9(2)3)10-6-5-7-14-10/h5-7,9,12-13H,4,8H2,1-3H3. The third kappa shape index (κ3) is 2.35. The van der Waals surface area contributed by atoms with Crippen LogP contribution in [0.4, 0.5) is 0 Å². The van der Waals surface area contributed by atoms with Gasteiger partial charge in [-0.2, -0.15) is 0 Å². The highest BCUT2D eigenvalue weighted by Gasteiger charge is 2.33. The number of likely N-dealkylation sites (N-methyl/N-ethyl adjacent to an activating group) is 1. The van der Waals surface area contributed by atoms with Crippen LogP contribution in [0.25, 0.3) is 0 Å². The second kappa shape index (κ2) is 4.91. The molecule has 2 nitrogen and oxygen atoms in total. The first-order chi connectivity index (χ1) is 6.61. The van der Waals surface area contributed by atoms with Gasteiger partial charge in [0, 0.05) is 11.4 Å². The topological polar surface area (TPSA) is 32.3 Å². The zero-order valence-electron chi connectivity index (χ0n) is 9.08. The van der Waals surface area contributed by atoms with Crippen LogP contribution in [0.5, 0.6) is 0 Å². The van der Waals surface area contributed by atoms with Gasteiger partial charge in [0.05, 0.1) is 0 Å². The number of rotatable bonds is 5. The van der Waals surface area contributed by atoms with Crippen molar-refractivity contribution in [3.63, 3.8) is 0 Å². The van der Waals surface area contributed by atoms with Gasteiger partial charge in [-0.1, -0.05) is 26.8 Å². The summed E-state index contributed by atoms with van der Waals surface area (Å²) < 4.78 is 0. The number of nitrogens with one attached hydrogen (secondary N) is 1. The molecule has 0 amide bonds. The van der Waals surface area contributed by atoms with E-state index in [0.29, 0.717) is 6.54 Å². The number of hydrogen-bond acceptors (Lipinski definition) is 3. The molecule has 80 valence electrons. The lowest BCUT2D eigenvalue weighted by Crippen LogP contribution is -2.41. The Morgan fingerprint density at radius 3 is 2.71 bits per heavy atom. The summed E-state index contributed by atoms with van der Waals surface area (Å²) in [6.45, 7) is 7.67. The van der Waals surface area contributed by atoms with Crippen molar-refractivity contribution in [3.05, 3.63) is 22.4 Å². The SMILES string of the molecule is CCNCC(O)(c1cccs1)C(C)C. The highest BCUT2D eigenvalue weighted by Crippen LogP contribution is 2.32. The van der Waals surface area contributed by atoms with Crippen LogP contribution >= 0.6 is 11.3 Å². The van der Waals surface area contributed by atoms with E-state index in [2.05, 4.69) is 26.1 Å². The molecule has 1 aromatic rings. The van der Waals surface area contributed by atoms with Crippen molar-refractivity contribution in [3.8, 4) is 0 Å². The fourth-order valence-corrected chi connectivity index (χ4v) is 2.39. The predicted molar refractivity (Wildman–Crippen MR) is 61.6 cm³/mol. The number of hydrogen-bond donors (Lipinski definition) is 2. The lowest BCUT2D eigenvalue weighted by Gasteiger charge is -2.31. The van der Waals surface area contributed by atoms with Crippen molar-refractivity contribution in [1.29, 1.82) is 0 Å². The maximum absolute atomic E-state index is 10.5. The van der Waals surface area contributed by atoms with Crippen LogP contribution in [0.3, 0.4) is 0 Å². The lowest BCUT2D eigenvalue weighted by molar-refractivity contribution is -0.00529. The molecule has 0 fully saturated rings. The highest BCUT2D eigenvalue weighted by atomic mass is 32.1. The van der Waals surface area contributed by atoms with Crippen molar-refractivity contribution in [2.75, 3.05) is 13.1 Å². The van der Waals surface area contributed by atoms with Gasteiger partial charge in [-0.05, 0) is 23.9 Å². The maximum Gasteiger partial charge on any atom is 0.113 e. The Hall–Kier alpha value is -0.380. The van der Waals surface area contributed by atoms with Crippen LogP contribution in [0, 0.1) is 5.92 Å². The molecule has 1 atom stereocenters. The van der Waals surface area contributed by atoms with E-state index in [0.717, 1.165) is 11.4 Å². The number of thiophene rings is 1. The Morgan fingerprint density at radius 1 is 1.57 bits per heavy atom. The molecule has 0 bridgehead atoms. The first-order valence-electron chi connectivity index (χ1n) is 5.08. The molecule has 0 aliphatic carbocycles. The molecular formula is C11H19NOS. The van der Waals surface area contributed by atoms with Crippen molar-refractivity contribution >= 4 is 11.3 Å². The van der Waals surface area contributed by atoms with E-state index in [1.165, 1.54) is 0 Å². The minimum Gasteiger partial charge on any atom is -0.383 e. The molecule has 14 heavy (non-hydrogen) atoms. The Labute approximate surface area is 90.0 Å². The zero-order chi connectivity index (χ0) is 10.6. The third-order valence-electron chi connectivity index (χ3n) is 2.55. The molecule has 0 radical (unpaired) electrons. The van der Waals surface area contributed by atoms with Crippen LogP contribution < -0.4 is 5.32 Å². The molecule has 1 aromatic heterocycles. The first-order valence-corrected chi connectivity index (χ1v) is 5.96. The molecule has 1 unspecified atom stereocenters. The Morgan fingerprint density at radius 2 is 2.29 bits per heavy atom. The van der Waals surface area contributed by atoms with Gasteiger partial charge in [-0.15, -0.1) is 11.3 Å². The molecule has 3 heteroatoms. The third-order valence-corrected chi connectivity index (χ3v) is 3.58. The van der Waals surface area contributed by atoms with E-state index in [1.54, 1.807) is 11.3 Å². The van der Waals surface area contributed by atoms with Crippen LogP contribution in [0.1, 0.15) is 25.6 Å². The molecular weight excluding hydrogens is 194 g/mol. The second-order valence-electron chi connectivity index (χ2n) is 3.84. The highest BCUT2D eigenvalue weighted by molar-refractivity contribution is 7.10. The van der Waals surface area contributed by atoms with E-state index in [9.17, 15) is 5.11 Å². The maximum atomic E-state index is 10.5. The molecule has 0 aliphatic heterocycles. The van der Waals surface area contributed by atoms with E-state index < -0.39 is 5.60 Å². The fraction of sp³-hybridized carbons (Fsp3) is 0.636. The van der Waals surface area contributed by atoms with Gasteiger partial charge in [0.25, 0.3) is 0 Å². The van der Waals surface area contributed by atoms with Crippen LogP contribution in [-0.2, 0) is 5.60 Å². The van der Waals surface area contributed by atoms with E-state index in [-0.39, 0.29) is 5.92 Å². The summed E-state index contributed by atoms with van der Waals surface area (Å²) in [7, 11) is 0. The average molecular weight is 213 g/mol. The molecule has 0 saturated carbocycles. The second-order valence-corrected chi connectivity index (χ2v) is 4.78. The van der Waals surface area contributed by atoms with Gasteiger partial charge in [-0.3, -0.25) is 0 Å². The average Bonchev–Trinajstić information content (AvgIpc) is 2.66. The molecule has 1 rings (SSSR count). The minimum atomic E-state index is -0.718. The van der Waals surface area contributed by atoms with Crippen LogP contribution in [-0.4, -0.2) is 18.2 Å². The van der Waals surface area contributed by atoms with E-state index in [1.807, 2.05) is 17.5 Å². The van der Waals surface area contributed by atoms with Gasteiger partial charge in [0.15, 0.2) is 0 Å². The molecule has 1 heterocycles. The van der Waals surface area contributed by atoms with Crippen molar-refractivity contribution in [2.24, 2.45) is 5.92 Å². The summed E-state index contributed by atoms with van der Waals surface area (Å²) in [4.78, 5) is 1.05. The molecule has 0 saturated heterocycles. The van der Waals surface area contributed by atoms with Gasteiger partial charge >= 0.3 is 0 Å². The van der Waals surface area contributed by atoms with E-state index >= 15 is 0 Å². The van der Waals surface area contributed by atoms with Gasteiger partial charge < -0.3 is 10.4 Å². The largest absolute Gasteiger partial charge is 0.383 e. The van der Waals surface area contributed by atoms with Gasteiger partial charge in [0.1, 0.15) is 5.60 Å². The summed E-state index contributed by atoms with van der Waals surface area (Å²) >= 11 is 1.62. The molecule has 0 aromatic carbocycles. The summed E-state index contributed by atoms with van der Waals surface area (Å²) in [6, 6.07) is 3.99. The van der Waals surface area contributed by atoms with Gasteiger partial charge in [0.2, 0.25) is 0 Å². The summed E-state index contributed by atoms with van der Waals surface area (Å²) in [5.41, 5.74) is -0.718. The smallest absolute Gasteiger partial charge is 0.113 e. The van der Waals surface area contributed by atoms with Crippen molar-refractivity contribution < 1.29 is 5.11 Å². The Kier molecular flexibility index (Phi) is 4.11. The fourth-order valence-electron chi connectivity index (χ4n) is 1.42. The van der Waals surface area contributed by atoms with E-state index in [4.69, 9.17) is 0 Å². The predicted octanol–water partition coefficient (Wildman–Crippen LogP) is 2.20. The molecule has 0 spiro atoms. The van der Waals surface area contributed by atoms with Gasteiger partial charge in [-0.25, -0.2) is 0 Å². The monoisotopic (exact) mass is 213 g/mol. The quantitative estimate of drug-likeness (QED) is 0.786. The summed E-state index contributed by atoms with van der Waals surface area (Å²) in [6.07, 6.45) is 0. The minimum absolute atomic E-state index is 0.222. The summed E-state index contributed by atoms with van der Waals surface area (Å²) in [5.74, 6) is 0.222. The van der Waals surface area contributed by atoms with Crippen LogP contribution in [0.15, 0.2) is 17.5 Å². The summed E-state index contributed by atoms with van der Waals surface area (Å²) in [5, 5.41) is 15.8. The Bertz CT molecular complexity index is 258. The molecule has 2 N–H and O–H groups in total. The lowest BCUT2D eigenvalue weighted by atomic mass is 9.88. The van der Waals surface area contributed by atoms with Crippen molar-refractivity contribution in [1.82, 2.24) is 5.32 Å². The molecule has 0 aliphatic rings. The zero-order valence-corrected chi connectivity index (χ0v) is 9.90.